The smallest absolute Gasteiger partial charge is 0.326 e. The maximum Gasteiger partial charge on any atom is 0.326 e. The van der Waals surface area contributed by atoms with Crippen LogP contribution in [0.1, 0.15) is 33.1 Å². The number of benzene rings is 1. The number of hydrogen-bond acceptors (Lipinski definition) is 4. The first-order valence-electron chi connectivity index (χ1n) is 7.23. The Kier molecular flexibility index (Phi) is 4.83. The second kappa shape index (κ2) is 6.43. The Bertz CT molecular complexity index is 489. The summed E-state index contributed by atoms with van der Waals surface area (Å²) in [5, 5.41) is 3.32. The molecule has 0 aromatic heterocycles. The summed E-state index contributed by atoms with van der Waals surface area (Å²) >= 11 is 0. The number of rotatable bonds is 5. The first-order valence-corrected chi connectivity index (χ1v) is 7.23. The zero-order valence-electron chi connectivity index (χ0n) is 12.7. The van der Waals surface area contributed by atoms with Crippen LogP contribution in [-0.2, 0) is 9.53 Å². The first-order chi connectivity index (χ1) is 9.95. The van der Waals surface area contributed by atoms with Crippen molar-refractivity contribution in [2.75, 3.05) is 7.11 Å². The summed E-state index contributed by atoms with van der Waals surface area (Å²) in [7, 11) is 1.40. The highest BCUT2D eigenvalue weighted by molar-refractivity contribution is 5.81. The van der Waals surface area contributed by atoms with Gasteiger partial charge in [-0.15, -0.1) is 0 Å². The fraction of sp³-hybridized carbons (Fsp3) is 0.562. The van der Waals surface area contributed by atoms with Gasteiger partial charge in [-0.05, 0) is 51.0 Å². The van der Waals surface area contributed by atoms with Gasteiger partial charge in [-0.1, -0.05) is 0 Å². The van der Waals surface area contributed by atoms with E-state index >= 15 is 0 Å². The van der Waals surface area contributed by atoms with E-state index < -0.39 is 5.54 Å². The molecule has 1 aromatic rings. The van der Waals surface area contributed by atoms with Crippen LogP contribution >= 0.6 is 0 Å². The third-order valence-corrected chi connectivity index (χ3v) is 3.73. The van der Waals surface area contributed by atoms with Crippen LogP contribution < -0.4 is 10.1 Å². The summed E-state index contributed by atoms with van der Waals surface area (Å²) in [5.74, 6) is 0.0761. The van der Waals surface area contributed by atoms with Crippen molar-refractivity contribution >= 4 is 5.97 Å². The molecule has 116 valence electrons. The number of nitrogens with one attached hydrogen (secondary N) is 1. The summed E-state index contributed by atoms with van der Waals surface area (Å²) < 4.78 is 23.7. The summed E-state index contributed by atoms with van der Waals surface area (Å²) in [6.07, 6.45) is 1.89. The Balaban J connectivity index is 2.05. The summed E-state index contributed by atoms with van der Waals surface area (Å²) in [5.41, 5.74) is -0.687. The molecule has 0 spiro atoms. The lowest BCUT2D eigenvalue weighted by molar-refractivity contribution is -0.149. The number of halogens is 1. The van der Waals surface area contributed by atoms with Gasteiger partial charge in [-0.25, -0.2) is 4.39 Å². The average Bonchev–Trinajstić information content (AvgIpc) is 2.84. The van der Waals surface area contributed by atoms with E-state index in [9.17, 15) is 9.18 Å². The molecule has 0 aliphatic heterocycles. The maximum atomic E-state index is 12.9. The highest BCUT2D eigenvalue weighted by Crippen LogP contribution is 2.34. The zero-order valence-corrected chi connectivity index (χ0v) is 12.7. The predicted octanol–water partition coefficient (Wildman–Crippen LogP) is 2.67. The van der Waals surface area contributed by atoms with Gasteiger partial charge in [0, 0.05) is 12.5 Å². The molecule has 1 aliphatic rings. The summed E-state index contributed by atoms with van der Waals surface area (Å²) in [4.78, 5) is 12.1. The van der Waals surface area contributed by atoms with Crippen molar-refractivity contribution in [3.63, 3.8) is 0 Å². The number of carbonyl (C=O) groups excluding carboxylic acids is 1. The Morgan fingerprint density at radius 2 is 2.05 bits per heavy atom. The molecular formula is C16H22FNO3. The van der Waals surface area contributed by atoms with Gasteiger partial charge in [0.15, 0.2) is 0 Å². The minimum atomic E-state index is -0.687. The molecule has 2 rings (SSSR count). The first kappa shape index (κ1) is 15.8. The molecule has 1 N–H and O–H groups in total. The average molecular weight is 295 g/mol. The number of esters is 1. The Hall–Kier alpha value is -1.62. The second-order valence-electron chi connectivity index (χ2n) is 5.81. The monoisotopic (exact) mass is 295 g/mol. The van der Waals surface area contributed by atoms with Gasteiger partial charge in [-0.3, -0.25) is 10.1 Å². The summed E-state index contributed by atoms with van der Waals surface area (Å²) in [6, 6.07) is 6.11. The maximum absolute atomic E-state index is 12.9. The topological polar surface area (TPSA) is 47.6 Å². The highest BCUT2D eigenvalue weighted by atomic mass is 19.1. The van der Waals surface area contributed by atoms with Crippen LogP contribution in [0.3, 0.4) is 0 Å². The van der Waals surface area contributed by atoms with Gasteiger partial charge in [0.25, 0.3) is 0 Å². The third-order valence-electron chi connectivity index (χ3n) is 3.73. The molecule has 0 heterocycles. The number of carbonyl (C=O) groups is 1. The molecule has 2 atom stereocenters. The van der Waals surface area contributed by atoms with E-state index in [1.807, 2.05) is 13.8 Å². The van der Waals surface area contributed by atoms with Gasteiger partial charge < -0.3 is 9.47 Å². The lowest BCUT2D eigenvalue weighted by Gasteiger charge is -2.29. The minimum absolute atomic E-state index is 0.0826. The van der Waals surface area contributed by atoms with E-state index in [-0.39, 0.29) is 23.9 Å². The van der Waals surface area contributed by atoms with Gasteiger partial charge in [-0.2, -0.15) is 0 Å². The molecule has 1 aliphatic carbocycles. The molecular weight excluding hydrogens is 273 g/mol. The van der Waals surface area contributed by atoms with E-state index in [0.717, 1.165) is 6.42 Å². The Labute approximate surface area is 124 Å². The van der Waals surface area contributed by atoms with E-state index in [2.05, 4.69) is 5.32 Å². The molecule has 4 nitrogen and oxygen atoms in total. The lowest BCUT2D eigenvalue weighted by atomic mass is 9.96. The van der Waals surface area contributed by atoms with E-state index in [0.29, 0.717) is 18.6 Å². The van der Waals surface area contributed by atoms with Crippen molar-refractivity contribution in [3.8, 4) is 5.75 Å². The molecule has 5 heteroatoms. The van der Waals surface area contributed by atoms with Crippen LogP contribution in [0.5, 0.6) is 5.75 Å². The molecule has 0 amide bonds. The normalized spacial score (nSPS) is 25.1. The van der Waals surface area contributed by atoms with Crippen molar-refractivity contribution in [2.24, 2.45) is 0 Å². The minimum Gasteiger partial charge on any atom is -0.490 e. The fourth-order valence-corrected chi connectivity index (χ4v) is 2.93. The van der Waals surface area contributed by atoms with Gasteiger partial charge >= 0.3 is 5.97 Å². The molecule has 1 saturated carbocycles. The third kappa shape index (κ3) is 3.73. The van der Waals surface area contributed by atoms with Crippen LogP contribution in [0.2, 0.25) is 0 Å². The van der Waals surface area contributed by atoms with Crippen molar-refractivity contribution in [2.45, 2.75) is 50.8 Å². The number of hydrogen-bond donors (Lipinski definition) is 1. The van der Waals surface area contributed by atoms with Crippen molar-refractivity contribution < 1.29 is 18.7 Å². The van der Waals surface area contributed by atoms with E-state index in [4.69, 9.17) is 9.47 Å². The quantitative estimate of drug-likeness (QED) is 0.848. The number of ether oxygens (including phenoxy) is 2. The van der Waals surface area contributed by atoms with Gasteiger partial charge in [0.2, 0.25) is 0 Å². The predicted molar refractivity (Wildman–Crippen MR) is 77.7 cm³/mol. The lowest BCUT2D eigenvalue weighted by Crippen LogP contribution is -2.54. The molecule has 0 saturated heterocycles. The summed E-state index contributed by atoms with van der Waals surface area (Å²) in [6.45, 7) is 4.00. The van der Waals surface area contributed by atoms with E-state index in [1.165, 1.54) is 19.2 Å². The van der Waals surface area contributed by atoms with Crippen LogP contribution in [0, 0.1) is 5.82 Å². The van der Waals surface area contributed by atoms with Crippen LogP contribution in [-0.4, -0.2) is 30.8 Å². The van der Waals surface area contributed by atoms with Crippen molar-refractivity contribution in [1.29, 1.82) is 0 Å². The standard InChI is InChI=1S/C16H22FNO3/c1-11(2)18-16(15(19)20-3)9-8-14(10-16)21-13-6-4-12(17)5-7-13/h4-7,11,14,18H,8-10H2,1-3H3. The van der Waals surface area contributed by atoms with E-state index in [1.54, 1.807) is 12.1 Å². The molecule has 0 bridgehead atoms. The van der Waals surface area contributed by atoms with Crippen LogP contribution in [0.25, 0.3) is 0 Å². The highest BCUT2D eigenvalue weighted by Gasteiger charge is 2.47. The molecule has 21 heavy (non-hydrogen) atoms. The van der Waals surface area contributed by atoms with Crippen molar-refractivity contribution in [3.05, 3.63) is 30.1 Å². The Morgan fingerprint density at radius 1 is 1.38 bits per heavy atom. The van der Waals surface area contributed by atoms with Gasteiger partial charge in [0.1, 0.15) is 23.2 Å². The molecule has 1 aromatic carbocycles. The fourth-order valence-electron chi connectivity index (χ4n) is 2.93. The van der Waals surface area contributed by atoms with Crippen LogP contribution in [0.15, 0.2) is 24.3 Å². The molecule has 0 radical (unpaired) electrons. The van der Waals surface area contributed by atoms with Crippen molar-refractivity contribution in [1.82, 2.24) is 5.32 Å². The number of methoxy groups -OCH3 is 1. The van der Waals surface area contributed by atoms with Gasteiger partial charge in [0.05, 0.1) is 7.11 Å². The second-order valence-corrected chi connectivity index (χ2v) is 5.81. The SMILES string of the molecule is COC(=O)C1(NC(C)C)CCC(Oc2ccc(F)cc2)C1. The van der Waals surface area contributed by atoms with Crippen LogP contribution in [0.4, 0.5) is 4.39 Å². The zero-order chi connectivity index (χ0) is 15.5. The molecule has 2 unspecified atom stereocenters. The Morgan fingerprint density at radius 3 is 2.62 bits per heavy atom. The molecule has 1 fully saturated rings. The largest absolute Gasteiger partial charge is 0.490 e.